The minimum absolute atomic E-state index is 0.0133. The second-order valence-corrected chi connectivity index (χ2v) is 12.1. The van der Waals surface area contributed by atoms with Crippen molar-refractivity contribution >= 4 is 39.1 Å². The van der Waals surface area contributed by atoms with Gasteiger partial charge < -0.3 is 14.5 Å². The van der Waals surface area contributed by atoms with E-state index in [0.29, 0.717) is 38.2 Å². The molecule has 1 atom stereocenters. The standard InChI is InChI=1S/C25H31Cl2N3O4S/c1-28-13-15-29(16-14-28)23(31)17-25(19-34-20-7-3-2-4-8-20)11-6-12-30(18-25)35(32,33)22-10-5-9-21(26)24(22)27/h2-5,7-10H,6,11-19H2,1H3. The van der Waals surface area contributed by atoms with Crippen molar-refractivity contribution in [3.63, 3.8) is 0 Å². The maximum atomic E-state index is 13.6. The van der Waals surface area contributed by atoms with Gasteiger partial charge in [0.25, 0.3) is 0 Å². The lowest BCUT2D eigenvalue weighted by atomic mass is 9.78. The largest absolute Gasteiger partial charge is 0.493 e. The van der Waals surface area contributed by atoms with Crippen molar-refractivity contribution in [2.75, 3.05) is 52.9 Å². The number of nitrogens with zero attached hydrogens (tertiary/aromatic N) is 3. The number of para-hydroxylation sites is 1. The van der Waals surface area contributed by atoms with Crippen molar-refractivity contribution in [2.45, 2.75) is 24.2 Å². The number of likely N-dealkylation sites (N-methyl/N-ethyl adjacent to an activating group) is 1. The van der Waals surface area contributed by atoms with Crippen molar-refractivity contribution in [3.05, 3.63) is 58.6 Å². The average Bonchev–Trinajstić information content (AvgIpc) is 2.85. The molecule has 2 aliphatic heterocycles. The van der Waals surface area contributed by atoms with Crippen molar-refractivity contribution < 1.29 is 17.9 Å². The SMILES string of the molecule is CN1CCN(C(=O)CC2(COc3ccccc3)CCCN(S(=O)(=O)c3cccc(Cl)c3Cl)C2)CC1. The third-order valence-corrected chi connectivity index (χ3v) is 9.65. The van der Waals surface area contributed by atoms with Crippen LogP contribution in [0.15, 0.2) is 53.4 Å². The van der Waals surface area contributed by atoms with Gasteiger partial charge in [-0.25, -0.2) is 8.42 Å². The van der Waals surface area contributed by atoms with E-state index < -0.39 is 15.4 Å². The molecular formula is C25H31Cl2N3O4S. The summed E-state index contributed by atoms with van der Waals surface area (Å²) in [6, 6.07) is 14.0. The summed E-state index contributed by atoms with van der Waals surface area (Å²) in [7, 11) is -1.86. The van der Waals surface area contributed by atoms with Crippen LogP contribution >= 0.6 is 23.2 Å². The lowest BCUT2D eigenvalue weighted by Crippen LogP contribution is -2.53. The minimum Gasteiger partial charge on any atom is -0.493 e. The third kappa shape index (κ3) is 6.12. The maximum absolute atomic E-state index is 13.6. The summed E-state index contributed by atoms with van der Waals surface area (Å²) in [6.45, 7) is 3.76. The van der Waals surface area contributed by atoms with Crippen LogP contribution < -0.4 is 4.74 Å². The van der Waals surface area contributed by atoms with Crippen LogP contribution in [0.5, 0.6) is 5.75 Å². The van der Waals surface area contributed by atoms with Crippen LogP contribution in [0, 0.1) is 5.41 Å². The monoisotopic (exact) mass is 539 g/mol. The molecule has 190 valence electrons. The molecule has 0 N–H and O–H groups in total. The number of hydrogen-bond acceptors (Lipinski definition) is 5. The molecule has 2 saturated heterocycles. The molecule has 0 bridgehead atoms. The number of ether oxygens (including phenoxy) is 1. The van der Waals surface area contributed by atoms with E-state index in [9.17, 15) is 13.2 Å². The Morgan fingerprint density at radius 2 is 1.71 bits per heavy atom. The number of hydrogen-bond donors (Lipinski definition) is 0. The number of rotatable bonds is 7. The van der Waals surface area contributed by atoms with E-state index >= 15 is 0 Å². The first-order valence-electron chi connectivity index (χ1n) is 11.8. The number of piperidine rings is 1. The molecule has 1 unspecified atom stereocenters. The normalized spacial score (nSPS) is 22.2. The van der Waals surface area contributed by atoms with Gasteiger partial charge in [-0.1, -0.05) is 47.5 Å². The Kier molecular flexibility index (Phi) is 8.28. The summed E-state index contributed by atoms with van der Waals surface area (Å²) in [5, 5.41) is 0.202. The third-order valence-electron chi connectivity index (χ3n) is 6.83. The van der Waals surface area contributed by atoms with Crippen LogP contribution in [0.4, 0.5) is 0 Å². The van der Waals surface area contributed by atoms with Crippen LogP contribution in [0.2, 0.25) is 10.0 Å². The van der Waals surface area contributed by atoms with Gasteiger partial charge >= 0.3 is 0 Å². The Balaban J connectivity index is 1.59. The second-order valence-electron chi connectivity index (χ2n) is 9.46. The first-order chi connectivity index (χ1) is 16.7. The average molecular weight is 541 g/mol. The molecule has 2 aromatic rings. The number of carbonyl (C=O) groups excluding carboxylic acids is 1. The number of halogens is 2. The number of piperazine rings is 1. The first kappa shape index (κ1) is 26.2. The van der Waals surface area contributed by atoms with Gasteiger partial charge in [0.2, 0.25) is 15.9 Å². The summed E-state index contributed by atoms with van der Waals surface area (Å²) in [5.74, 6) is 0.728. The van der Waals surface area contributed by atoms with Gasteiger partial charge in [0.15, 0.2) is 0 Å². The second kappa shape index (κ2) is 11.0. The van der Waals surface area contributed by atoms with Crippen molar-refractivity contribution in [1.29, 1.82) is 0 Å². The van der Waals surface area contributed by atoms with Crippen LogP contribution in [0.1, 0.15) is 19.3 Å². The fourth-order valence-electron chi connectivity index (χ4n) is 4.74. The Morgan fingerprint density at radius 3 is 2.43 bits per heavy atom. The molecule has 1 amide bonds. The molecule has 35 heavy (non-hydrogen) atoms. The van der Waals surface area contributed by atoms with Crippen LogP contribution in [-0.4, -0.2) is 81.4 Å². The molecule has 0 aliphatic carbocycles. The molecule has 2 fully saturated rings. The summed E-state index contributed by atoms with van der Waals surface area (Å²) in [6.07, 6.45) is 1.53. The van der Waals surface area contributed by atoms with E-state index in [1.54, 1.807) is 12.1 Å². The summed E-state index contributed by atoms with van der Waals surface area (Å²) >= 11 is 12.4. The molecule has 0 spiro atoms. The van der Waals surface area contributed by atoms with E-state index in [2.05, 4.69) is 4.90 Å². The van der Waals surface area contributed by atoms with E-state index in [1.807, 2.05) is 42.3 Å². The molecule has 0 radical (unpaired) electrons. The Labute approximate surface area is 217 Å². The first-order valence-corrected chi connectivity index (χ1v) is 14.0. The van der Waals surface area contributed by atoms with Gasteiger partial charge in [-0.15, -0.1) is 0 Å². The van der Waals surface area contributed by atoms with Gasteiger partial charge in [-0.2, -0.15) is 4.31 Å². The number of sulfonamides is 1. The van der Waals surface area contributed by atoms with Crippen LogP contribution in [0.25, 0.3) is 0 Å². The topological polar surface area (TPSA) is 70.2 Å². The quantitative estimate of drug-likeness (QED) is 0.531. The van der Waals surface area contributed by atoms with Crippen molar-refractivity contribution in [2.24, 2.45) is 5.41 Å². The van der Waals surface area contributed by atoms with Gasteiger partial charge in [0, 0.05) is 51.1 Å². The molecular weight excluding hydrogens is 509 g/mol. The minimum atomic E-state index is -3.91. The predicted molar refractivity (Wildman–Crippen MR) is 138 cm³/mol. The Bertz CT molecular complexity index is 1140. The molecule has 2 heterocycles. The highest BCUT2D eigenvalue weighted by atomic mass is 35.5. The summed E-state index contributed by atoms with van der Waals surface area (Å²) in [5.41, 5.74) is -0.660. The molecule has 0 aromatic heterocycles. The van der Waals surface area contributed by atoms with Crippen LogP contribution in [0.3, 0.4) is 0 Å². The zero-order valence-corrected chi connectivity index (χ0v) is 22.2. The molecule has 0 saturated carbocycles. The molecule has 7 nitrogen and oxygen atoms in total. The van der Waals surface area contributed by atoms with Gasteiger partial charge in [-0.3, -0.25) is 4.79 Å². The van der Waals surface area contributed by atoms with E-state index in [4.69, 9.17) is 27.9 Å². The highest BCUT2D eigenvalue weighted by molar-refractivity contribution is 7.89. The molecule has 4 rings (SSSR count). The molecule has 10 heteroatoms. The predicted octanol–water partition coefficient (Wildman–Crippen LogP) is 4.01. The lowest BCUT2D eigenvalue weighted by molar-refractivity contribution is -0.136. The molecule has 2 aliphatic rings. The fourth-order valence-corrected chi connectivity index (χ4v) is 7.07. The van der Waals surface area contributed by atoms with Crippen molar-refractivity contribution in [1.82, 2.24) is 14.1 Å². The van der Waals surface area contributed by atoms with Crippen LogP contribution in [-0.2, 0) is 14.8 Å². The van der Waals surface area contributed by atoms with E-state index in [1.165, 1.54) is 10.4 Å². The van der Waals surface area contributed by atoms with Gasteiger partial charge in [0.05, 0.1) is 16.7 Å². The van der Waals surface area contributed by atoms with E-state index in [-0.39, 0.29) is 40.4 Å². The van der Waals surface area contributed by atoms with Gasteiger partial charge in [-0.05, 0) is 44.2 Å². The molecule has 2 aromatic carbocycles. The fraction of sp³-hybridized carbons (Fsp3) is 0.480. The summed E-state index contributed by atoms with van der Waals surface area (Å²) < 4.78 is 34.7. The van der Waals surface area contributed by atoms with Gasteiger partial charge in [0.1, 0.15) is 10.6 Å². The zero-order chi connectivity index (χ0) is 25.1. The highest BCUT2D eigenvalue weighted by Crippen LogP contribution is 2.39. The summed E-state index contributed by atoms with van der Waals surface area (Å²) in [4.78, 5) is 17.4. The smallest absolute Gasteiger partial charge is 0.244 e. The Morgan fingerprint density at radius 1 is 1.00 bits per heavy atom. The van der Waals surface area contributed by atoms with E-state index in [0.717, 1.165) is 13.1 Å². The number of amides is 1. The number of benzene rings is 2. The van der Waals surface area contributed by atoms with Crippen molar-refractivity contribution in [3.8, 4) is 5.75 Å². The number of carbonyl (C=O) groups is 1. The highest BCUT2D eigenvalue weighted by Gasteiger charge is 2.43. The maximum Gasteiger partial charge on any atom is 0.244 e. The zero-order valence-electron chi connectivity index (χ0n) is 19.8. The lowest BCUT2D eigenvalue weighted by Gasteiger charge is -2.43. The Hall–Kier alpha value is -1.84.